The van der Waals surface area contributed by atoms with Crippen LogP contribution in [0.4, 0.5) is 0 Å². The Labute approximate surface area is 95.0 Å². The van der Waals surface area contributed by atoms with E-state index in [-0.39, 0.29) is 0 Å². The molecule has 0 bridgehead atoms. The van der Waals surface area contributed by atoms with Crippen molar-refractivity contribution in [2.24, 2.45) is 0 Å². The minimum Gasteiger partial charge on any atom is -0.391 e. The van der Waals surface area contributed by atoms with Crippen LogP contribution in [0.3, 0.4) is 0 Å². The number of rotatable bonds is 7. The van der Waals surface area contributed by atoms with Crippen molar-refractivity contribution >= 4 is 15.2 Å². The fourth-order valence-electron chi connectivity index (χ4n) is 1.03. The third-order valence-corrected chi connectivity index (χ3v) is 2.24. The molecule has 5 N–H and O–H groups in total. The number of hydrogen-bond donors (Lipinski definition) is 5. The van der Waals surface area contributed by atoms with Gasteiger partial charge in [-0.3, -0.25) is 4.79 Å². The zero-order valence-electron chi connectivity index (χ0n) is 8.72. The van der Waals surface area contributed by atoms with E-state index in [1.54, 1.807) is 9.47 Å². The maximum absolute atomic E-state index is 11.1. The molecule has 0 aliphatic carbocycles. The minimum absolute atomic E-state index is 0.458. The maximum Gasteiger partial charge on any atom is 0.189 e. The van der Waals surface area contributed by atoms with Gasteiger partial charge < -0.3 is 30.1 Å². The van der Waals surface area contributed by atoms with Gasteiger partial charge in [0.2, 0.25) is 0 Å². The Morgan fingerprint density at radius 3 is 2.00 bits per heavy atom. The monoisotopic (exact) mass is 256 g/mol. The second kappa shape index (κ2) is 7.24. The Morgan fingerprint density at radius 1 is 1.12 bits per heavy atom. The summed E-state index contributed by atoms with van der Waals surface area (Å²) < 4.78 is 4.37. The van der Waals surface area contributed by atoms with E-state index < -0.39 is 42.9 Å². The van der Waals surface area contributed by atoms with Gasteiger partial charge in [-0.05, 0) is 6.92 Å². The number of ketones is 1. The second-order valence-electron chi connectivity index (χ2n) is 3.43. The van der Waals surface area contributed by atoms with Gasteiger partial charge in [0.25, 0.3) is 0 Å². The Kier molecular flexibility index (Phi) is 7.17. The molecule has 0 spiro atoms. The molecule has 0 amide bonds. The van der Waals surface area contributed by atoms with Gasteiger partial charge in [-0.15, -0.1) is 0 Å². The first-order chi connectivity index (χ1) is 7.32. The molecule has 6 atom stereocenters. The molecule has 96 valence electrons. The molecule has 6 unspecified atom stereocenters. The van der Waals surface area contributed by atoms with E-state index >= 15 is 0 Å². The first-order valence-corrected chi connectivity index (χ1v) is 5.04. The van der Waals surface area contributed by atoms with Crippen LogP contribution in [0.25, 0.3) is 0 Å². The normalized spacial score (nSPS) is 20.9. The van der Waals surface area contributed by atoms with Crippen LogP contribution in [0, 0.1) is 0 Å². The highest BCUT2D eigenvalue weighted by Crippen LogP contribution is 2.09. The molecule has 0 heterocycles. The summed E-state index contributed by atoms with van der Waals surface area (Å²) >= 11 is 0. The van der Waals surface area contributed by atoms with Gasteiger partial charge in [0.15, 0.2) is 5.78 Å². The standard InChI is InChI=1S/C8H17O7P/c1-3(9)5(11)7(13)8(14)6(12)4(10)2-15-16/h3,5-9,11-14H,2,16H2,1H3. The van der Waals surface area contributed by atoms with Gasteiger partial charge in [0, 0.05) is 9.47 Å². The largest absolute Gasteiger partial charge is 0.391 e. The number of aliphatic hydroxyl groups excluding tert-OH is 5. The molecule has 0 aliphatic heterocycles. The Morgan fingerprint density at radius 2 is 1.62 bits per heavy atom. The lowest BCUT2D eigenvalue weighted by atomic mass is 9.98. The van der Waals surface area contributed by atoms with Gasteiger partial charge in [0.05, 0.1) is 6.10 Å². The van der Waals surface area contributed by atoms with Crippen molar-refractivity contribution in [1.82, 2.24) is 0 Å². The topological polar surface area (TPSA) is 127 Å². The number of carbonyl (C=O) groups excluding carboxylic acids is 1. The predicted octanol–water partition coefficient (Wildman–Crippen LogP) is -2.81. The average molecular weight is 256 g/mol. The number of Topliss-reactive ketones (excluding diaryl/α,β-unsaturated/α-hetero) is 1. The zero-order valence-corrected chi connectivity index (χ0v) is 9.88. The molecule has 7 nitrogen and oxygen atoms in total. The molecule has 0 aliphatic rings. The van der Waals surface area contributed by atoms with Gasteiger partial charge in [-0.25, -0.2) is 0 Å². The molecule has 0 saturated heterocycles. The third kappa shape index (κ3) is 4.39. The number of carbonyl (C=O) groups is 1. The molecule has 8 heteroatoms. The van der Waals surface area contributed by atoms with Crippen molar-refractivity contribution < 1.29 is 34.9 Å². The zero-order chi connectivity index (χ0) is 12.9. The summed E-state index contributed by atoms with van der Waals surface area (Å²) in [7, 11) is 1.79. The highest BCUT2D eigenvalue weighted by atomic mass is 31.0. The fourth-order valence-corrected chi connectivity index (χ4v) is 1.20. The molecule has 0 fully saturated rings. The van der Waals surface area contributed by atoms with Crippen molar-refractivity contribution in [2.45, 2.75) is 37.4 Å². The molecule has 0 rings (SSSR count). The maximum atomic E-state index is 11.1. The highest BCUT2D eigenvalue weighted by molar-refractivity contribution is 7.09. The summed E-state index contributed by atoms with van der Waals surface area (Å²) in [5, 5.41) is 46.1. The molecular formula is C8H17O7P. The van der Waals surface area contributed by atoms with E-state index in [9.17, 15) is 25.2 Å². The third-order valence-electron chi connectivity index (χ3n) is 2.07. The minimum atomic E-state index is -1.89. The number of aliphatic hydroxyl groups is 5. The molecule has 16 heavy (non-hydrogen) atoms. The molecule has 0 aromatic rings. The summed E-state index contributed by atoms with van der Waals surface area (Å²) in [5.41, 5.74) is 0. The Balaban J connectivity index is 4.42. The van der Waals surface area contributed by atoms with E-state index in [0.717, 1.165) is 0 Å². The summed E-state index contributed by atoms with van der Waals surface area (Å²) in [5.74, 6) is -0.848. The smallest absolute Gasteiger partial charge is 0.189 e. The van der Waals surface area contributed by atoms with E-state index in [0.29, 0.717) is 0 Å². The fraction of sp³-hybridized carbons (Fsp3) is 0.875. The molecular weight excluding hydrogens is 239 g/mol. The van der Waals surface area contributed by atoms with Crippen molar-refractivity contribution in [1.29, 1.82) is 0 Å². The van der Waals surface area contributed by atoms with Crippen LogP contribution < -0.4 is 0 Å². The first-order valence-electron chi connectivity index (χ1n) is 4.57. The Hall–Kier alpha value is -0.140. The lowest BCUT2D eigenvalue weighted by molar-refractivity contribution is -0.153. The van der Waals surface area contributed by atoms with E-state index in [4.69, 9.17) is 5.11 Å². The number of hydrogen-bond acceptors (Lipinski definition) is 7. The van der Waals surface area contributed by atoms with Gasteiger partial charge in [-0.1, -0.05) is 0 Å². The van der Waals surface area contributed by atoms with Gasteiger partial charge in [-0.2, -0.15) is 0 Å². The van der Waals surface area contributed by atoms with Crippen LogP contribution in [0.2, 0.25) is 0 Å². The summed E-state index contributed by atoms with van der Waals surface area (Å²) in [4.78, 5) is 11.1. The van der Waals surface area contributed by atoms with E-state index in [1.165, 1.54) is 6.92 Å². The summed E-state index contributed by atoms with van der Waals surface area (Å²) in [6.45, 7) is 0.737. The van der Waals surface area contributed by atoms with Gasteiger partial charge >= 0.3 is 0 Å². The first kappa shape index (κ1) is 15.9. The van der Waals surface area contributed by atoms with Crippen LogP contribution in [-0.2, 0) is 9.32 Å². The Bertz CT molecular complexity index is 222. The second-order valence-corrected chi connectivity index (χ2v) is 3.77. The van der Waals surface area contributed by atoms with Crippen LogP contribution in [0.1, 0.15) is 6.92 Å². The van der Waals surface area contributed by atoms with Crippen LogP contribution in [0.15, 0.2) is 0 Å². The quantitative estimate of drug-likeness (QED) is 0.311. The van der Waals surface area contributed by atoms with E-state index in [2.05, 4.69) is 4.52 Å². The van der Waals surface area contributed by atoms with Crippen LogP contribution in [-0.4, -0.2) is 68.4 Å². The molecule has 0 saturated carbocycles. The van der Waals surface area contributed by atoms with Crippen LogP contribution in [0.5, 0.6) is 0 Å². The lowest BCUT2D eigenvalue weighted by Crippen LogP contribution is -2.51. The van der Waals surface area contributed by atoms with Crippen molar-refractivity contribution in [3.63, 3.8) is 0 Å². The lowest BCUT2D eigenvalue weighted by Gasteiger charge is -2.27. The molecule has 0 aromatic heterocycles. The van der Waals surface area contributed by atoms with E-state index in [1.807, 2.05) is 0 Å². The van der Waals surface area contributed by atoms with Crippen molar-refractivity contribution in [3.05, 3.63) is 0 Å². The van der Waals surface area contributed by atoms with Crippen molar-refractivity contribution in [3.8, 4) is 0 Å². The highest BCUT2D eigenvalue weighted by Gasteiger charge is 2.35. The molecule has 0 aromatic carbocycles. The average Bonchev–Trinajstić information content (AvgIpc) is 2.25. The van der Waals surface area contributed by atoms with Crippen LogP contribution >= 0.6 is 9.47 Å². The molecule has 0 radical (unpaired) electrons. The van der Waals surface area contributed by atoms with Gasteiger partial charge in [0.1, 0.15) is 31.0 Å². The predicted molar refractivity (Wildman–Crippen MR) is 56.4 cm³/mol. The SMILES string of the molecule is CC(O)C(O)C(O)C(O)C(O)C(=O)COP. The van der Waals surface area contributed by atoms with Crippen molar-refractivity contribution in [2.75, 3.05) is 6.61 Å². The summed E-state index contributed by atoms with van der Waals surface area (Å²) in [6.07, 6.45) is -8.57. The summed E-state index contributed by atoms with van der Waals surface area (Å²) in [6, 6.07) is 0.